The Morgan fingerprint density at radius 2 is 1.59 bits per heavy atom. The molecule has 1 rings (SSSR count). The lowest BCUT2D eigenvalue weighted by Crippen LogP contribution is -2.11. The zero-order chi connectivity index (χ0) is 13.3. The minimum Gasteiger partial charge on any atom is -0.264 e. The fraction of sp³-hybridized carbons (Fsp3) is 0.250. The number of halogens is 3. The summed E-state index contributed by atoms with van der Waals surface area (Å²) in [5.41, 5.74) is -3.50. The Bertz CT molecular complexity index is 518. The van der Waals surface area contributed by atoms with Crippen LogP contribution in [0.5, 0.6) is 0 Å². The summed E-state index contributed by atoms with van der Waals surface area (Å²) in [6.07, 6.45) is 0. The second-order valence-electron chi connectivity index (χ2n) is 3.14. The molecular formula is C8H5F3N2O4. The molecule has 6 nitrogen and oxygen atoms in total. The fourth-order valence-electron chi connectivity index (χ4n) is 1.27. The van der Waals surface area contributed by atoms with Gasteiger partial charge in [0, 0.05) is 10.5 Å². The Labute approximate surface area is 92.0 Å². The highest BCUT2D eigenvalue weighted by Crippen LogP contribution is 2.31. The maximum absolute atomic E-state index is 13.3. The minimum atomic E-state index is -1.77. The Morgan fingerprint density at radius 1 is 1.06 bits per heavy atom. The second kappa shape index (κ2) is 4.36. The third-order valence-corrected chi connectivity index (χ3v) is 2.08. The summed E-state index contributed by atoms with van der Waals surface area (Å²) in [5, 5.41) is 20.7. The molecule has 0 bridgehead atoms. The molecule has 0 amide bonds. The third kappa shape index (κ3) is 2.17. The van der Waals surface area contributed by atoms with Crippen LogP contribution in [-0.4, -0.2) is 9.85 Å². The molecule has 0 aliphatic heterocycles. The van der Waals surface area contributed by atoms with Gasteiger partial charge < -0.3 is 0 Å². The summed E-state index contributed by atoms with van der Waals surface area (Å²) in [5.74, 6) is -5.04. The Morgan fingerprint density at radius 3 is 2.00 bits per heavy atom. The Balaban J connectivity index is 3.65. The van der Waals surface area contributed by atoms with Crippen molar-refractivity contribution in [3.05, 3.63) is 48.8 Å². The van der Waals surface area contributed by atoms with E-state index in [2.05, 4.69) is 0 Å². The molecule has 92 valence electrons. The second-order valence-corrected chi connectivity index (χ2v) is 3.14. The molecule has 0 saturated carbocycles. The molecule has 0 aliphatic carbocycles. The van der Waals surface area contributed by atoms with E-state index in [9.17, 15) is 33.4 Å². The van der Waals surface area contributed by atoms with Crippen molar-refractivity contribution in [3.8, 4) is 0 Å². The van der Waals surface area contributed by atoms with Gasteiger partial charge >= 0.3 is 5.69 Å². The van der Waals surface area contributed by atoms with Crippen LogP contribution in [0.3, 0.4) is 0 Å². The van der Waals surface area contributed by atoms with E-state index in [0.717, 1.165) is 6.92 Å². The molecule has 0 spiro atoms. The van der Waals surface area contributed by atoms with Crippen LogP contribution in [0.2, 0.25) is 0 Å². The van der Waals surface area contributed by atoms with E-state index in [1.807, 2.05) is 0 Å². The molecule has 0 aliphatic rings. The number of nitro benzene ring substituents is 1. The zero-order valence-corrected chi connectivity index (χ0v) is 8.37. The number of hydrogen-bond acceptors (Lipinski definition) is 4. The van der Waals surface area contributed by atoms with Crippen LogP contribution in [0.1, 0.15) is 11.1 Å². The number of nitrogens with zero attached hydrogens (tertiary/aromatic N) is 2. The van der Waals surface area contributed by atoms with Crippen molar-refractivity contribution in [1.29, 1.82) is 0 Å². The molecule has 0 saturated heterocycles. The van der Waals surface area contributed by atoms with Crippen molar-refractivity contribution in [1.82, 2.24) is 0 Å². The van der Waals surface area contributed by atoms with E-state index in [4.69, 9.17) is 0 Å². The van der Waals surface area contributed by atoms with Gasteiger partial charge in [0.1, 0.15) is 5.56 Å². The van der Waals surface area contributed by atoms with E-state index >= 15 is 0 Å². The van der Waals surface area contributed by atoms with Crippen molar-refractivity contribution in [2.24, 2.45) is 0 Å². The highest BCUT2D eigenvalue weighted by Gasteiger charge is 2.32. The molecular weight excluding hydrogens is 245 g/mol. The normalized spacial score (nSPS) is 10.4. The standard InChI is InChI=1S/C8H5F3N2O4/c1-3-5(9)7(11)4(2-12(14)15)8(6(3)10)13(16)17/h2H2,1H3. The van der Waals surface area contributed by atoms with Crippen molar-refractivity contribution >= 4 is 5.69 Å². The first-order valence-electron chi connectivity index (χ1n) is 4.19. The molecule has 1 aromatic carbocycles. The Kier molecular flexibility index (Phi) is 3.30. The topological polar surface area (TPSA) is 86.3 Å². The van der Waals surface area contributed by atoms with E-state index in [1.54, 1.807) is 0 Å². The van der Waals surface area contributed by atoms with Crippen molar-refractivity contribution in [3.63, 3.8) is 0 Å². The van der Waals surface area contributed by atoms with Gasteiger partial charge in [-0.05, 0) is 6.92 Å². The summed E-state index contributed by atoms with van der Waals surface area (Å²) in [4.78, 5) is 18.2. The maximum Gasteiger partial charge on any atom is 0.318 e. The van der Waals surface area contributed by atoms with Crippen LogP contribution >= 0.6 is 0 Å². The summed E-state index contributed by atoms with van der Waals surface area (Å²) < 4.78 is 39.7. The van der Waals surface area contributed by atoms with Crippen molar-refractivity contribution in [2.45, 2.75) is 13.5 Å². The molecule has 17 heavy (non-hydrogen) atoms. The van der Waals surface area contributed by atoms with Crippen LogP contribution in [0, 0.1) is 44.6 Å². The largest absolute Gasteiger partial charge is 0.318 e. The molecule has 0 N–H and O–H groups in total. The zero-order valence-electron chi connectivity index (χ0n) is 8.37. The first-order valence-corrected chi connectivity index (χ1v) is 4.19. The van der Waals surface area contributed by atoms with Crippen LogP contribution in [-0.2, 0) is 6.54 Å². The average Bonchev–Trinajstić information content (AvgIpc) is 2.22. The Hall–Kier alpha value is -2.19. The van der Waals surface area contributed by atoms with Crippen molar-refractivity contribution < 1.29 is 23.0 Å². The first-order chi connectivity index (χ1) is 7.77. The summed E-state index contributed by atoms with van der Waals surface area (Å²) >= 11 is 0. The SMILES string of the molecule is Cc1c(F)c(F)c(C[N+](=O)[O-])c([N+](=O)[O-])c1F. The number of benzene rings is 1. The first kappa shape index (κ1) is 12.9. The van der Waals surface area contributed by atoms with Gasteiger partial charge in [-0.2, -0.15) is 4.39 Å². The van der Waals surface area contributed by atoms with E-state index in [-0.39, 0.29) is 0 Å². The van der Waals surface area contributed by atoms with E-state index < -0.39 is 50.7 Å². The van der Waals surface area contributed by atoms with Gasteiger partial charge in [0.15, 0.2) is 11.6 Å². The molecule has 0 unspecified atom stereocenters. The van der Waals surface area contributed by atoms with Gasteiger partial charge in [-0.15, -0.1) is 0 Å². The number of nitro groups is 2. The van der Waals surface area contributed by atoms with Crippen LogP contribution in [0.25, 0.3) is 0 Å². The quantitative estimate of drug-likeness (QED) is 0.467. The molecule has 0 heterocycles. The summed E-state index contributed by atoms with van der Waals surface area (Å²) in [6.45, 7) is -0.563. The minimum absolute atomic E-state index is 0.802. The van der Waals surface area contributed by atoms with Crippen LogP contribution < -0.4 is 0 Å². The highest BCUT2D eigenvalue weighted by molar-refractivity contribution is 5.46. The van der Waals surface area contributed by atoms with Gasteiger partial charge in [0.2, 0.25) is 12.4 Å². The third-order valence-electron chi connectivity index (χ3n) is 2.08. The number of rotatable bonds is 3. The molecule has 0 atom stereocenters. The fourth-order valence-corrected chi connectivity index (χ4v) is 1.27. The average molecular weight is 250 g/mol. The van der Waals surface area contributed by atoms with Gasteiger partial charge in [0.05, 0.1) is 4.92 Å². The highest BCUT2D eigenvalue weighted by atomic mass is 19.2. The van der Waals surface area contributed by atoms with E-state index in [1.165, 1.54) is 0 Å². The van der Waals surface area contributed by atoms with Gasteiger partial charge in [-0.3, -0.25) is 20.2 Å². The van der Waals surface area contributed by atoms with E-state index in [0.29, 0.717) is 0 Å². The summed E-state index contributed by atoms with van der Waals surface area (Å²) in [7, 11) is 0. The molecule has 9 heteroatoms. The number of hydrogen-bond donors (Lipinski definition) is 0. The maximum atomic E-state index is 13.3. The molecule has 0 fully saturated rings. The molecule has 0 radical (unpaired) electrons. The van der Waals surface area contributed by atoms with Crippen LogP contribution in [0.15, 0.2) is 0 Å². The molecule has 1 aromatic rings. The van der Waals surface area contributed by atoms with Gasteiger partial charge in [-0.25, -0.2) is 8.78 Å². The predicted octanol–water partition coefficient (Wildman–Crippen LogP) is 2.10. The van der Waals surface area contributed by atoms with Gasteiger partial charge in [0.25, 0.3) is 0 Å². The lowest BCUT2D eigenvalue weighted by atomic mass is 10.1. The lowest BCUT2D eigenvalue weighted by molar-refractivity contribution is -0.499. The monoisotopic (exact) mass is 250 g/mol. The summed E-state index contributed by atoms with van der Waals surface area (Å²) in [6, 6.07) is 0. The van der Waals surface area contributed by atoms with Crippen LogP contribution in [0.4, 0.5) is 18.9 Å². The van der Waals surface area contributed by atoms with Gasteiger partial charge in [-0.1, -0.05) is 0 Å². The smallest absolute Gasteiger partial charge is 0.264 e. The predicted molar refractivity (Wildman–Crippen MR) is 48.4 cm³/mol. The van der Waals surface area contributed by atoms with Crippen molar-refractivity contribution in [2.75, 3.05) is 0 Å². The lowest BCUT2D eigenvalue weighted by Gasteiger charge is -2.05. The molecule has 0 aromatic heterocycles.